The number of hydrogen-bond acceptors (Lipinski definition) is 3. The van der Waals surface area contributed by atoms with Crippen molar-refractivity contribution in [2.45, 2.75) is 19.4 Å². The van der Waals surface area contributed by atoms with Crippen LogP contribution in [0.2, 0.25) is 0 Å². The van der Waals surface area contributed by atoms with Gasteiger partial charge in [-0.15, -0.1) is 0 Å². The van der Waals surface area contributed by atoms with Crippen LogP contribution < -0.4 is 5.73 Å². The Morgan fingerprint density at radius 3 is 2.68 bits per heavy atom. The first-order chi connectivity index (χ1) is 10.4. The molecule has 0 saturated heterocycles. The molecule has 1 atom stereocenters. The first-order valence-corrected chi connectivity index (χ1v) is 6.79. The van der Waals surface area contributed by atoms with E-state index in [4.69, 9.17) is 5.73 Å². The second kappa shape index (κ2) is 6.51. The van der Waals surface area contributed by atoms with Crippen LogP contribution in [0.1, 0.15) is 24.2 Å². The van der Waals surface area contributed by atoms with Gasteiger partial charge in [-0.1, -0.05) is 0 Å². The number of benzene rings is 1. The van der Waals surface area contributed by atoms with Gasteiger partial charge in [0, 0.05) is 18.3 Å². The lowest BCUT2D eigenvalue weighted by molar-refractivity contribution is -0.131. The summed E-state index contributed by atoms with van der Waals surface area (Å²) in [5, 5.41) is 0. The van der Waals surface area contributed by atoms with E-state index in [0.29, 0.717) is 11.4 Å². The lowest BCUT2D eigenvalue weighted by Gasteiger charge is -2.25. The van der Waals surface area contributed by atoms with Gasteiger partial charge in [0.1, 0.15) is 11.6 Å². The third kappa shape index (κ3) is 3.58. The zero-order valence-corrected chi connectivity index (χ0v) is 12.4. The molecule has 4 nitrogen and oxygen atoms in total. The highest BCUT2D eigenvalue weighted by Gasteiger charge is 2.21. The zero-order valence-electron chi connectivity index (χ0n) is 12.4. The Bertz CT molecular complexity index is 674. The molecule has 1 heterocycles. The molecule has 22 heavy (non-hydrogen) atoms. The van der Waals surface area contributed by atoms with E-state index in [0.717, 1.165) is 18.2 Å². The number of carbonyl (C=O) groups excluding carboxylic acids is 1. The molecule has 0 bridgehead atoms. The van der Waals surface area contributed by atoms with E-state index in [1.54, 1.807) is 26.1 Å². The van der Waals surface area contributed by atoms with Gasteiger partial charge in [-0.25, -0.2) is 8.78 Å². The van der Waals surface area contributed by atoms with Gasteiger partial charge in [0.2, 0.25) is 5.91 Å². The predicted octanol–water partition coefficient (Wildman–Crippen LogP) is 2.70. The average molecular weight is 305 g/mol. The number of pyridine rings is 1. The molecule has 1 aromatic carbocycles. The van der Waals surface area contributed by atoms with E-state index in [-0.39, 0.29) is 17.9 Å². The van der Waals surface area contributed by atoms with Crippen LogP contribution in [0.15, 0.2) is 36.5 Å². The minimum absolute atomic E-state index is 0.0675. The van der Waals surface area contributed by atoms with E-state index in [1.807, 2.05) is 0 Å². The molecule has 0 fully saturated rings. The van der Waals surface area contributed by atoms with Crippen LogP contribution >= 0.6 is 0 Å². The van der Waals surface area contributed by atoms with Crippen LogP contribution in [-0.2, 0) is 11.2 Å². The first kappa shape index (κ1) is 15.9. The zero-order chi connectivity index (χ0) is 16.3. The third-order valence-electron chi connectivity index (χ3n) is 3.56. The summed E-state index contributed by atoms with van der Waals surface area (Å²) in [5.74, 6) is -1.32. The number of rotatable bonds is 4. The Morgan fingerprint density at radius 1 is 1.32 bits per heavy atom. The monoisotopic (exact) mass is 305 g/mol. The maximum absolute atomic E-state index is 13.8. The van der Waals surface area contributed by atoms with Crippen LogP contribution in [0.4, 0.5) is 14.5 Å². The normalized spacial score (nSPS) is 12.0. The van der Waals surface area contributed by atoms with Gasteiger partial charge in [0.25, 0.3) is 0 Å². The molecule has 0 aliphatic rings. The van der Waals surface area contributed by atoms with Crippen molar-refractivity contribution in [1.29, 1.82) is 0 Å². The highest BCUT2D eigenvalue weighted by molar-refractivity contribution is 5.78. The van der Waals surface area contributed by atoms with Crippen LogP contribution in [0, 0.1) is 11.6 Å². The fraction of sp³-hybridized carbons (Fsp3) is 0.250. The van der Waals surface area contributed by atoms with Crippen molar-refractivity contribution in [2.75, 3.05) is 12.8 Å². The molecule has 0 spiro atoms. The van der Waals surface area contributed by atoms with Crippen LogP contribution in [0.5, 0.6) is 0 Å². The largest absolute Gasteiger partial charge is 0.397 e. The second-order valence-corrected chi connectivity index (χ2v) is 5.11. The Balaban J connectivity index is 2.12. The van der Waals surface area contributed by atoms with Gasteiger partial charge >= 0.3 is 0 Å². The van der Waals surface area contributed by atoms with Crippen molar-refractivity contribution in [2.24, 2.45) is 0 Å². The molecule has 0 saturated carbocycles. The van der Waals surface area contributed by atoms with Crippen molar-refractivity contribution < 1.29 is 13.6 Å². The van der Waals surface area contributed by atoms with Crippen LogP contribution in [0.3, 0.4) is 0 Å². The van der Waals surface area contributed by atoms with Gasteiger partial charge < -0.3 is 10.6 Å². The summed E-state index contributed by atoms with van der Waals surface area (Å²) < 4.78 is 27.0. The Kier molecular flexibility index (Phi) is 4.70. The molecular formula is C16H17F2N3O. The highest BCUT2D eigenvalue weighted by Crippen LogP contribution is 2.23. The quantitative estimate of drug-likeness (QED) is 0.945. The number of amides is 1. The van der Waals surface area contributed by atoms with Crippen molar-refractivity contribution in [3.05, 3.63) is 59.4 Å². The lowest BCUT2D eigenvalue weighted by atomic mass is 10.1. The van der Waals surface area contributed by atoms with E-state index < -0.39 is 17.7 Å². The topological polar surface area (TPSA) is 59.2 Å². The summed E-state index contributed by atoms with van der Waals surface area (Å²) in [6.07, 6.45) is 1.54. The number of halogens is 2. The van der Waals surface area contributed by atoms with Crippen molar-refractivity contribution in [3.8, 4) is 0 Å². The highest BCUT2D eigenvalue weighted by atomic mass is 19.1. The standard InChI is InChI=1S/C16H17F2N3O/c1-10(14-7-11(17)3-6-15(14)18)21(2)16(22)8-13-5-4-12(19)9-20-13/h3-7,9-10H,8,19H2,1-2H3. The molecule has 1 amide bonds. The lowest BCUT2D eigenvalue weighted by Crippen LogP contribution is -2.31. The molecular weight excluding hydrogens is 288 g/mol. The van der Waals surface area contributed by atoms with Crippen LogP contribution in [-0.4, -0.2) is 22.8 Å². The van der Waals surface area contributed by atoms with Gasteiger partial charge in [0.15, 0.2) is 0 Å². The summed E-state index contributed by atoms with van der Waals surface area (Å²) in [5.41, 5.74) is 6.76. The molecule has 0 aliphatic heterocycles. The average Bonchev–Trinajstić information content (AvgIpc) is 2.50. The molecule has 2 rings (SSSR count). The predicted molar refractivity (Wildman–Crippen MR) is 79.9 cm³/mol. The molecule has 2 N–H and O–H groups in total. The number of aromatic nitrogens is 1. The summed E-state index contributed by atoms with van der Waals surface area (Å²) in [6.45, 7) is 1.65. The summed E-state index contributed by atoms with van der Waals surface area (Å²) >= 11 is 0. The third-order valence-corrected chi connectivity index (χ3v) is 3.56. The minimum Gasteiger partial charge on any atom is -0.397 e. The molecule has 116 valence electrons. The molecule has 6 heteroatoms. The van der Waals surface area contributed by atoms with E-state index >= 15 is 0 Å². The Morgan fingerprint density at radius 2 is 2.05 bits per heavy atom. The molecule has 1 unspecified atom stereocenters. The summed E-state index contributed by atoms with van der Waals surface area (Å²) in [6, 6.07) is 5.94. The number of likely N-dealkylation sites (N-methyl/N-ethyl adjacent to an activating group) is 1. The van der Waals surface area contributed by atoms with Gasteiger partial charge in [0.05, 0.1) is 24.3 Å². The summed E-state index contributed by atoms with van der Waals surface area (Å²) in [7, 11) is 1.55. The van der Waals surface area contributed by atoms with Crippen LogP contribution in [0.25, 0.3) is 0 Å². The minimum atomic E-state index is -0.586. The molecule has 0 aliphatic carbocycles. The van der Waals surface area contributed by atoms with Crippen molar-refractivity contribution in [3.63, 3.8) is 0 Å². The van der Waals surface area contributed by atoms with E-state index in [9.17, 15) is 13.6 Å². The molecule has 0 radical (unpaired) electrons. The SMILES string of the molecule is CC(c1cc(F)ccc1F)N(C)C(=O)Cc1ccc(N)cn1. The Hall–Kier alpha value is -2.50. The van der Waals surface area contributed by atoms with Gasteiger partial charge in [-0.3, -0.25) is 9.78 Å². The smallest absolute Gasteiger partial charge is 0.228 e. The summed E-state index contributed by atoms with van der Waals surface area (Å²) in [4.78, 5) is 17.7. The molecule has 1 aromatic heterocycles. The van der Waals surface area contributed by atoms with E-state index in [1.165, 1.54) is 11.1 Å². The number of nitrogens with zero attached hydrogens (tertiary/aromatic N) is 2. The number of nitrogen functional groups attached to an aromatic ring is 1. The maximum Gasteiger partial charge on any atom is 0.228 e. The number of hydrogen-bond donors (Lipinski definition) is 1. The maximum atomic E-state index is 13.8. The number of anilines is 1. The van der Waals surface area contributed by atoms with Crippen molar-refractivity contribution >= 4 is 11.6 Å². The van der Waals surface area contributed by atoms with E-state index in [2.05, 4.69) is 4.98 Å². The first-order valence-electron chi connectivity index (χ1n) is 6.79. The van der Waals surface area contributed by atoms with Gasteiger partial charge in [-0.05, 0) is 37.3 Å². The molecule has 2 aromatic rings. The fourth-order valence-electron chi connectivity index (χ4n) is 2.08. The van der Waals surface area contributed by atoms with Gasteiger partial charge in [-0.2, -0.15) is 0 Å². The fourth-order valence-corrected chi connectivity index (χ4v) is 2.08. The van der Waals surface area contributed by atoms with Crippen molar-refractivity contribution in [1.82, 2.24) is 9.88 Å². The number of nitrogens with two attached hydrogens (primary N) is 1. The second-order valence-electron chi connectivity index (χ2n) is 5.11. The Labute approximate surface area is 127 Å². The number of carbonyl (C=O) groups is 1.